The molecular weight excluding hydrogens is 206 g/mol. The number of benzene rings is 1. The second-order valence-corrected chi connectivity index (χ2v) is 3.69. The highest BCUT2D eigenvalue weighted by Crippen LogP contribution is 2.22. The Morgan fingerprint density at radius 2 is 2.19 bits per heavy atom. The van der Waals surface area contributed by atoms with E-state index >= 15 is 0 Å². The third kappa shape index (κ3) is 3.72. The molecule has 0 radical (unpaired) electrons. The third-order valence-corrected chi connectivity index (χ3v) is 2.28. The van der Waals surface area contributed by atoms with Crippen LogP contribution in [0.15, 0.2) is 18.2 Å². The number of aromatic hydroxyl groups is 1. The molecule has 0 aliphatic rings. The first-order chi connectivity index (χ1) is 7.67. The zero-order valence-electron chi connectivity index (χ0n) is 9.73. The van der Waals surface area contributed by atoms with E-state index in [1.807, 2.05) is 13.8 Å². The van der Waals surface area contributed by atoms with Gasteiger partial charge in [-0.2, -0.15) is 0 Å². The number of nitrogens with one attached hydrogen (secondary N) is 1. The van der Waals surface area contributed by atoms with Crippen molar-refractivity contribution in [2.75, 3.05) is 13.2 Å². The van der Waals surface area contributed by atoms with Crippen LogP contribution in [0.5, 0.6) is 11.5 Å². The van der Waals surface area contributed by atoms with Crippen LogP contribution in [-0.4, -0.2) is 29.5 Å². The highest BCUT2D eigenvalue weighted by atomic mass is 16.5. The summed E-state index contributed by atoms with van der Waals surface area (Å²) in [6, 6.07) is 5.16. The third-order valence-electron chi connectivity index (χ3n) is 2.28. The lowest BCUT2D eigenvalue weighted by molar-refractivity contribution is 0.250. The fourth-order valence-corrected chi connectivity index (χ4v) is 1.31. The first-order valence-corrected chi connectivity index (χ1v) is 5.46. The maximum Gasteiger partial charge on any atom is 0.120 e. The van der Waals surface area contributed by atoms with Crippen LogP contribution in [0, 0.1) is 0 Å². The van der Waals surface area contributed by atoms with Crippen molar-refractivity contribution in [2.45, 2.75) is 26.4 Å². The number of hydrogen-bond donors (Lipinski definition) is 3. The zero-order chi connectivity index (χ0) is 12.0. The molecule has 4 nitrogen and oxygen atoms in total. The molecule has 0 heterocycles. The van der Waals surface area contributed by atoms with Gasteiger partial charge in [0.25, 0.3) is 0 Å². The Morgan fingerprint density at radius 3 is 2.81 bits per heavy atom. The molecule has 0 unspecified atom stereocenters. The van der Waals surface area contributed by atoms with Crippen LogP contribution in [-0.2, 0) is 6.54 Å². The normalized spacial score (nSPS) is 12.4. The van der Waals surface area contributed by atoms with Crippen LogP contribution < -0.4 is 10.1 Å². The van der Waals surface area contributed by atoms with Crippen LogP contribution in [0.1, 0.15) is 19.4 Å². The van der Waals surface area contributed by atoms with E-state index in [-0.39, 0.29) is 18.4 Å². The molecule has 16 heavy (non-hydrogen) atoms. The summed E-state index contributed by atoms with van der Waals surface area (Å²) in [4.78, 5) is 0. The molecule has 0 aromatic heterocycles. The van der Waals surface area contributed by atoms with Crippen molar-refractivity contribution in [3.05, 3.63) is 23.8 Å². The Hall–Kier alpha value is -1.26. The molecule has 0 amide bonds. The molecule has 0 aliphatic heterocycles. The molecular formula is C12H19NO3. The average Bonchev–Trinajstić information content (AvgIpc) is 2.29. The molecule has 0 saturated carbocycles. The standard InChI is InChI=1S/C12H19NO3/c1-3-16-11-4-5-12(15)10(6-11)7-13-9(2)8-14/h4-6,9,13-15H,3,7-8H2,1-2H3/t9-/m0/s1. The summed E-state index contributed by atoms with van der Waals surface area (Å²) in [7, 11) is 0. The van der Waals surface area contributed by atoms with E-state index in [4.69, 9.17) is 9.84 Å². The minimum atomic E-state index is 0.00940. The van der Waals surface area contributed by atoms with Gasteiger partial charge in [-0.25, -0.2) is 0 Å². The molecule has 0 aliphatic carbocycles. The van der Waals surface area contributed by atoms with E-state index in [0.29, 0.717) is 13.2 Å². The SMILES string of the molecule is CCOc1ccc(O)c(CN[C@@H](C)CO)c1. The molecule has 0 fully saturated rings. The summed E-state index contributed by atoms with van der Waals surface area (Å²) in [5.41, 5.74) is 0.770. The summed E-state index contributed by atoms with van der Waals surface area (Å²) in [5, 5.41) is 21.6. The molecule has 90 valence electrons. The van der Waals surface area contributed by atoms with Gasteiger partial charge in [-0.15, -0.1) is 0 Å². The van der Waals surface area contributed by atoms with E-state index < -0.39 is 0 Å². The van der Waals surface area contributed by atoms with Gasteiger partial charge in [0.2, 0.25) is 0 Å². The maximum atomic E-state index is 9.63. The fraction of sp³-hybridized carbons (Fsp3) is 0.500. The Balaban J connectivity index is 2.66. The monoisotopic (exact) mass is 225 g/mol. The van der Waals surface area contributed by atoms with Crippen LogP contribution in [0.2, 0.25) is 0 Å². The number of phenols is 1. The number of hydrogen-bond acceptors (Lipinski definition) is 4. The average molecular weight is 225 g/mol. The number of aliphatic hydroxyl groups is 1. The van der Waals surface area contributed by atoms with Crippen molar-refractivity contribution in [2.24, 2.45) is 0 Å². The van der Waals surface area contributed by atoms with E-state index in [9.17, 15) is 5.11 Å². The van der Waals surface area contributed by atoms with Crippen molar-refractivity contribution >= 4 is 0 Å². The van der Waals surface area contributed by atoms with Crippen LogP contribution in [0.3, 0.4) is 0 Å². The van der Waals surface area contributed by atoms with Gasteiger partial charge in [-0.3, -0.25) is 0 Å². The lowest BCUT2D eigenvalue weighted by atomic mass is 10.2. The summed E-state index contributed by atoms with van der Waals surface area (Å²) in [5.74, 6) is 0.981. The highest BCUT2D eigenvalue weighted by Gasteiger charge is 2.05. The quantitative estimate of drug-likeness (QED) is 0.682. The van der Waals surface area contributed by atoms with Gasteiger partial charge in [0.1, 0.15) is 11.5 Å². The first-order valence-electron chi connectivity index (χ1n) is 5.46. The van der Waals surface area contributed by atoms with Crippen molar-refractivity contribution in [3.8, 4) is 11.5 Å². The molecule has 1 rings (SSSR count). The van der Waals surface area contributed by atoms with Crippen LogP contribution >= 0.6 is 0 Å². The predicted molar refractivity (Wildman–Crippen MR) is 62.7 cm³/mol. The molecule has 1 atom stereocenters. The van der Waals surface area contributed by atoms with Gasteiger partial charge >= 0.3 is 0 Å². The molecule has 0 spiro atoms. The Morgan fingerprint density at radius 1 is 1.44 bits per heavy atom. The van der Waals surface area contributed by atoms with Gasteiger partial charge < -0.3 is 20.3 Å². The smallest absolute Gasteiger partial charge is 0.120 e. The highest BCUT2D eigenvalue weighted by molar-refractivity contribution is 5.39. The summed E-state index contributed by atoms with van der Waals surface area (Å²) < 4.78 is 5.35. The molecule has 1 aromatic carbocycles. The van der Waals surface area contributed by atoms with Gasteiger partial charge in [0.15, 0.2) is 0 Å². The van der Waals surface area contributed by atoms with Crippen molar-refractivity contribution in [1.82, 2.24) is 5.32 Å². The lowest BCUT2D eigenvalue weighted by Crippen LogP contribution is -2.28. The van der Waals surface area contributed by atoms with E-state index in [0.717, 1.165) is 11.3 Å². The van der Waals surface area contributed by atoms with Gasteiger partial charge in [0, 0.05) is 18.2 Å². The second-order valence-electron chi connectivity index (χ2n) is 3.69. The molecule has 0 saturated heterocycles. The predicted octanol–water partition coefficient (Wildman–Crippen LogP) is 1.26. The van der Waals surface area contributed by atoms with Crippen LogP contribution in [0.25, 0.3) is 0 Å². The molecule has 3 N–H and O–H groups in total. The summed E-state index contributed by atoms with van der Waals surface area (Å²) in [6.07, 6.45) is 0. The van der Waals surface area contributed by atoms with Gasteiger partial charge in [-0.05, 0) is 32.0 Å². The van der Waals surface area contributed by atoms with E-state index in [2.05, 4.69) is 5.32 Å². The van der Waals surface area contributed by atoms with Gasteiger partial charge in [-0.1, -0.05) is 0 Å². The summed E-state index contributed by atoms with van der Waals surface area (Å²) in [6.45, 7) is 4.98. The molecule has 4 heteroatoms. The number of phenolic OH excluding ortho intramolecular Hbond substituents is 1. The largest absolute Gasteiger partial charge is 0.508 e. The lowest BCUT2D eigenvalue weighted by Gasteiger charge is -2.12. The number of aliphatic hydroxyl groups excluding tert-OH is 1. The Labute approximate surface area is 95.9 Å². The Bertz CT molecular complexity index is 328. The molecule has 0 bridgehead atoms. The van der Waals surface area contributed by atoms with E-state index in [1.54, 1.807) is 18.2 Å². The number of ether oxygens (including phenoxy) is 1. The van der Waals surface area contributed by atoms with Crippen molar-refractivity contribution in [1.29, 1.82) is 0 Å². The second kappa shape index (κ2) is 6.35. The van der Waals surface area contributed by atoms with E-state index in [1.165, 1.54) is 0 Å². The minimum Gasteiger partial charge on any atom is -0.508 e. The Kier molecular flexibility index (Phi) is 5.08. The first kappa shape index (κ1) is 12.8. The maximum absolute atomic E-state index is 9.63. The topological polar surface area (TPSA) is 61.7 Å². The minimum absolute atomic E-state index is 0.00940. The van der Waals surface area contributed by atoms with Crippen LogP contribution in [0.4, 0.5) is 0 Å². The van der Waals surface area contributed by atoms with Gasteiger partial charge in [0.05, 0.1) is 13.2 Å². The number of rotatable bonds is 6. The molecule has 1 aromatic rings. The summed E-state index contributed by atoms with van der Waals surface area (Å²) >= 11 is 0. The fourth-order valence-electron chi connectivity index (χ4n) is 1.31. The zero-order valence-corrected chi connectivity index (χ0v) is 9.73. The van der Waals surface area contributed by atoms with Crippen molar-refractivity contribution in [3.63, 3.8) is 0 Å². The van der Waals surface area contributed by atoms with Crippen molar-refractivity contribution < 1.29 is 14.9 Å².